The zero-order valence-electron chi connectivity index (χ0n) is 15.7. The van der Waals surface area contributed by atoms with Crippen LogP contribution in [0.25, 0.3) is 23.2 Å². The number of aromatic nitrogens is 2. The van der Waals surface area contributed by atoms with E-state index in [4.69, 9.17) is 21.3 Å². The SMILES string of the molecule is Cc1cccc(OCCn2c(/C=C/c3ccc(Cl)cc3)nc3ccccc32)c1. The largest absolute Gasteiger partial charge is 0.492 e. The van der Waals surface area contributed by atoms with Gasteiger partial charge in [0.15, 0.2) is 0 Å². The first-order chi connectivity index (χ1) is 13.7. The first kappa shape index (κ1) is 18.3. The number of para-hydroxylation sites is 2. The molecule has 4 rings (SSSR count). The van der Waals surface area contributed by atoms with Crippen molar-refractivity contribution in [2.75, 3.05) is 6.61 Å². The summed E-state index contributed by atoms with van der Waals surface area (Å²) < 4.78 is 8.14. The van der Waals surface area contributed by atoms with E-state index in [1.807, 2.05) is 66.7 Å². The maximum Gasteiger partial charge on any atom is 0.133 e. The Kier molecular flexibility index (Phi) is 5.45. The minimum absolute atomic E-state index is 0.575. The van der Waals surface area contributed by atoms with Crippen LogP contribution in [0.5, 0.6) is 5.75 Å². The third-order valence-corrected chi connectivity index (χ3v) is 4.80. The summed E-state index contributed by atoms with van der Waals surface area (Å²) in [6, 6.07) is 24.0. The molecule has 0 spiro atoms. The lowest BCUT2D eigenvalue weighted by Crippen LogP contribution is -2.09. The summed E-state index contributed by atoms with van der Waals surface area (Å²) in [7, 11) is 0. The molecule has 28 heavy (non-hydrogen) atoms. The van der Waals surface area contributed by atoms with Crippen LogP contribution in [0, 0.1) is 6.92 Å². The van der Waals surface area contributed by atoms with Gasteiger partial charge in [0.1, 0.15) is 18.2 Å². The molecule has 140 valence electrons. The van der Waals surface area contributed by atoms with Crippen molar-refractivity contribution in [3.05, 3.63) is 94.8 Å². The second-order valence-electron chi connectivity index (χ2n) is 6.66. The normalized spacial score (nSPS) is 11.4. The summed E-state index contributed by atoms with van der Waals surface area (Å²) in [5.41, 5.74) is 4.36. The summed E-state index contributed by atoms with van der Waals surface area (Å²) in [5, 5.41) is 0.734. The Labute approximate surface area is 169 Å². The lowest BCUT2D eigenvalue weighted by atomic mass is 10.2. The van der Waals surface area contributed by atoms with Gasteiger partial charge in [-0.1, -0.05) is 54.1 Å². The van der Waals surface area contributed by atoms with Crippen LogP contribution in [0.1, 0.15) is 17.0 Å². The summed E-state index contributed by atoms with van der Waals surface area (Å²) in [5.74, 6) is 1.80. The third-order valence-electron chi connectivity index (χ3n) is 4.55. The fraction of sp³-hybridized carbons (Fsp3) is 0.125. The zero-order chi connectivity index (χ0) is 19.3. The van der Waals surface area contributed by atoms with E-state index in [9.17, 15) is 0 Å². The first-order valence-electron chi connectivity index (χ1n) is 9.27. The molecule has 0 N–H and O–H groups in total. The van der Waals surface area contributed by atoms with E-state index in [2.05, 4.69) is 29.7 Å². The van der Waals surface area contributed by atoms with E-state index < -0.39 is 0 Å². The number of ether oxygens (including phenoxy) is 1. The van der Waals surface area contributed by atoms with Crippen LogP contribution in [0.15, 0.2) is 72.8 Å². The predicted molar refractivity (Wildman–Crippen MR) is 117 cm³/mol. The molecule has 1 aromatic heterocycles. The summed E-state index contributed by atoms with van der Waals surface area (Å²) in [6.07, 6.45) is 4.09. The Bertz CT molecular complexity index is 1110. The van der Waals surface area contributed by atoms with Gasteiger partial charge in [-0.2, -0.15) is 0 Å². The topological polar surface area (TPSA) is 27.1 Å². The smallest absolute Gasteiger partial charge is 0.133 e. The average molecular weight is 389 g/mol. The van der Waals surface area contributed by atoms with Crippen LogP contribution < -0.4 is 4.74 Å². The van der Waals surface area contributed by atoms with Crippen molar-refractivity contribution in [2.45, 2.75) is 13.5 Å². The molecule has 0 unspecified atom stereocenters. The van der Waals surface area contributed by atoms with Crippen LogP contribution in [0.4, 0.5) is 0 Å². The Morgan fingerprint density at radius 2 is 1.79 bits per heavy atom. The molecule has 3 nitrogen and oxygen atoms in total. The molecule has 0 atom stereocenters. The molecule has 0 aliphatic rings. The minimum Gasteiger partial charge on any atom is -0.492 e. The highest BCUT2D eigenvalue weighted by molar-refractivity contribution is 6.30. The number of fused-ring (bicyclic) bond motifs is 1. The van der Waals surface area contributed by atoms with Crippen LogP contribution in [-0.4, -0.2) is 16.2 Å². The van der Waals surface area contributed by atoms with Gasteiger partial charge in [-0.15, -0.1) is 0 Å². The van der Waals surface area contributed by atoms with E-state index in [0.717, 1.165) is 39.7 Å². The highest BCUT2D eigenvalue weighted by Gasteiger charge is 2.08. The predicted octanol–water partition coefficient (Wildman–Crippen LogP) is 6.25. The molecule has 0 saturated carbocycles. The molecular weight excluding hydrogens is 368 g/mol. The van der Waals surface area contributed by atoms with E-state index >= 15 is 0 Å². The van der Waals surface area contributed by atoms with Crippen molar-refractivity contribution in [3.63, 3.8) is 0 Å². The van der Waals surface area contributed by atoms with Gasteiger partial charge in [0, 0.05) is 5.02 Å². The second-order valence-corrected chi connectivity index (χ2v) is 7.10. The molecule has 0 aliphatic carbocycles. The second kappa shape index (κ2) is 8.32. The van der Waals surface area contributed by atoms with Crippen LogP contribution in [0.2, 0.25) is 5.02 Å². The van der Waals surface area contributed by atoms with Gasteiger partial charge in [0.25, 0.3) is 0 Å². The van der Waals surface area contributed by atoms with Gasteiger partial charge >= 0.3 is 0 Å². The molecule has 0 saturated heterocycles. The molecule has 0 aliphatic heterocycles. The van der Waals surface area contributed by atoms with Gasteiger partial charge in [0.05, 0.1) is 17.6 Å². The maximum atomic E-state index is 5.97. The lowest BCUT2D eigenvalue weighted by molar-refractivity contribution is 0.299. The number of rotatable bonds is 6. The number of aryl methyl sites for hydroxylation is 1. The third kappa shape index (κ3) is 4.26. The Morgan fingerprint density at radius 1 is 0.964 bits per heavy atom. The Hall–Kier alpha value is -3.04. The number of nitrogens with zero attached hydrogens (tertiary/aromatic N) is 2. The monoisotopic (exact) mass is 388 g/mol. The van der Waals surface area contributed by atoms with Crippen molar-refractivity contribution >= 4 is 34.8 Å². The van der Waals surface area contributed by atoms with Crippen LogP contribution in [0.3, 0.4) is 0 Å². The summed E-state index contributed by atoms with van der Waals surface area (Å²) >= 11 is 5.97. The molecular formula is C24H21ClN2O. The average Bonchev–Trinajstić information content (AvgIpc) is 3.05. The van der Waals surface area contributed by atoms with E-state index in [0.29, 0.717) is 6.61 Å². The fourth-order valence-corrected chi connectivity index (χ4v) is 3.29. The minimum atomic E-state index is 0.575. The molecule has 0 fully saturated rings. The highest BCUT2D eigenvalue weighted by Crippen LogP contribution is 2.19. The van der Waals surface area contributed by atoms with Gasteiger partial charge in [-0.3, -0.25) is 0 Å². The molecule has 4 aromatic rings. The Balaban J connectivity index is 1.57. The van der Waals surface area contributed by atoms with Crippen molar-refractivity contribution in [1.29, 1.82) is 0 Å². The summed E-state index contributed by atoms with van der Waals surface area (Å²) in [6.45, 7) is 3.36. The molecule has 0 radical (unpaired) electrons. The van der Waals surface area contributed by atoms with Crippen LogP contribution in [-0.2, 0) is 6.54 Å². The van der Waals surface area contributed by atoms with Crippen molar-refractivity contribution in [2.24, 2.45) is 0 Å². The molecule has 4 heteroatoms. The molecule has 3 aromatic carbocycles. The van der Waals surface area contributed by atoms with Crippen molar-refractivity contribution in [3.8, 4) is 5.75 Å². The number of imidazole rings is 1. The fourth-order valence-electron chi connectivity index (χ4n) is 3.16. The lowest BCUT2D eigenvalue weighted by Gasteiger charge is -2.10. The Morgan fingerprint density at radius 3 is 2.61 bits per heavy atom. The van der Waals surface area contributed by atoms with Gasteiger partial charge in [-0.25, -0.2) is 4.98 Å². The van der Waals surface area contributed by atoms with Gasteiger partial charge in [0.2, 0.25) is 0 Å². The number of benzene rings is 3. The van der Waals surface area contributed by atoms with Crippen molar-refractivity contribution in [1.82, 2.24) is 9.55 Å². The number of hydrogen-bond acceptors (Lipinski definition) is 2. The maximum absolute atomic E-state index is 5.97. The first-order valence-corrected chi connectivity index (χ1v) is 9.65. The van der Waals surface area contributed by atoms with Gasteiger partial charge < -0.3 is 9.30 Å². The molecule has 0 amide bonds. The van der Waals surface area contributed by atoms with E-state index in [-0.39, 0.29) is 0 Å². The standard InChI is InChI=1S/C24H21ClN2O/c1-18-5-4-6-21(17-18)28-16-15-27-23-8-3-2-7-22(23)26-24(27)14-11-19-9-12-20(25)13-10-19/h2-14,17H,15-16H2,1H3/b14-11+. The van der Waals surface area contributed by atoms with Crippen molar-refractivity contribution < 1.29 is 4.74 Å². The van der Waals surface area contributed by atoms with E-state index in [1.54, 1.807) is 0 Å². The number of hydrogen-bond donors (Lipinski definition) is 0. The molecule has 0 bridgehead atoms. The summed E-state index contributed by atoms with van der Waals surface area (Å²) in [4.78, 5) is 4.78. The van der Waals surface area contributed by atoms with Gasteiger partial charge in [-0.05, 0) is 60.5 Å². The van der Waals surface area contributed by atoms with E-state index in [1.165, 1.54) is 5.56 Å². The number of halogens is 1. The zero-order valence-corrected chi connectivity index (χ0v) is 16.4. The quantitative estimate of drug-likeness (QED) is 0.390. The molecule has 1 heterocycles. The van der Waals surface area contributed by atoms with Crippen LogP contribution >= 0.6 is 11.6 Å². The highest BCUT2D eigenvalue weighted by atomic mass is 35.5.